The van der Waals surface area contributed by atoms with Crippen molar-refractivity contribution in [3.05, 3.63) is 59.4 Å². The first kappa shape index (κ1) is 17.1. The molecule has 1 aliphatic rings. The summed E-state index contributed by atoms with van der Waals surface area (Å²) >= 11 is 1.51. The summed E-state index contributed by atoms with van der Waals surface area (Å²) in [6.45, 7) is 2.04. The fourth-order valence-electron chi connectivity index (χ4n) is 3.28. The van der Waals surface area contributed by atoms with Crippen LogP contribution in [0.2, 0.25) is 0 Å². The second kappa shape index (κ2) is 7.49. The van der Waals surface area contributed by atoms with E-state index < -0.39 is 6.10 Å². The fraction of sp³-hybridized carbons (Fsp3) is 0.316. The zero-order valence-corrected chi connectivity index (χ0v) is 15.0. The molecule has 1 fully saturated rings. The third-order valence-corrected chi connectivity index (χ3v) is 5.48. The van der Waals surface area contributed by atoms with Gasteiger partial charge in [-0.2, -0.15) is 0 Å². The molecule has 3 aromatic rings. The Bertz CT molecular complexity index is 899. The number of carbonyl (C=O) groups is 1. The maximum Gasteiger partial charge on any atom is 0.251 e. The molecule has 7 heteroatoms. The van der Waals surface area contributed by atoms with Gasteiger partial charge in [-0.05, 0) is 36.8 Å². The smallest absolute Gasteiger partial charge is 0.251 e. The van der Waals surface area contributed by atoms with Crippen LogP contribution < -0.4 is 5.32 Å². The minimum Gasteiger partial charge on any atom is -0.390 e. The molecule has 2 atom stereocenters. The van der Waals surface area contributed by atoms with E-state index in [1.807, 2.05) is 30.3 Å². The van der Waals surface area contributed by atoms with E-state index in [0.29, 0.717) is 25.1 Å². The van der Waals surface area contributed by atoms with Gasteiger partial charge in [-0.25, -0.2) is 4.98 Å². The Hall–Kier alpha value is -2.35. The molecule has 4 rings (SSSR count). The van der Waals surface area contributed by atoms with E-state index in [9.17, 15) is 9.90 Å². The highest BCUT2D eigenvalue weighted by molar-refractivity contribution is 7.16. The zero-order valence-electron chi connectivity index (χ0n) is 14.2. The number of carbonyl (C=O) groups excluding carboxylic acids is 1. The van der Waals surface area contributed by atoms with E-state index in [1.54, 1.807) is 17.8 Å². The van der Waals surface area contributed by atoms with Gasteiger partial charge >= 0.3 is 0 Å². The number of hydrogen-bond acceptors (Lipinski definition) is 6. The lowest BCUT2D eigenvalue weighted by atomic mass is 10.0. The van der Waals surface area contributed by atoms with Crippen molar-refractivity contribution in [1.82, 2.24) is 20.2 Å². The van der Waals surface area contributed by atoms with E-state index in [0.717, 1.165) is 22.5 Å². The van der Waals surface area contributed by atoms with Crippen molar-refractivity contribution >= 4 is 27.5 Å². The number of rotatable bonds is 4. The summed E-state index contributed by atoms with van der Waals surface area (Å²) in [7, 11) is 0. The standard InChI is InChI=1S/C19H20N4O2S/c24-17-11-23(10-14-3-1-2-7-20-14)8-6-15(17)22-19(25)13-4-5-16-18(9-13)26-12-21-16/h1-5,7,9,12,15,17,24H,6,8,10-11H2,(H,22,25)/t15-,17-/m1/s1. The monoisotopic (exact) mass is 368 g/mol. The molecule has 0 unspecified atom stereocenters. The third-order valence-electron chi connectivity index (χ3n) is 4.69. The molecule has 2 N–H and O–H groups in total. The van der Waals surface area contributed by atoms with Crippen molar-refractivity contribution in [2.75, 3.05) is 13.1 Å². The molecule has 2 aromatic heterocycles. The van der Waals surface area contributed by atoms with Crippen molar-refractivity contribution < 1.29 is 9.90 Å². The highest BCUT2D eigenvalue weighted by Gasteiger charge is 2.29. The summed E-state index contributed by atoms with van der Waals surface area (Å²) in [5.74, 6) is -0.150. The van der Waals surface area contributed by atoms with Crippen LogP contribution in [0.1, 0.15) is 22.5 Å². The normalized spacial score (nSPS) is 21.0. The first-order chi connectivity index (χ1) is 12.7. The van der Waals surface area contributed by atoms with Gasteiger partial charge in [0, 0.05) is 31.4 Å². The number of nitrogens with zero attached hydrogens (tertiary/aromatic N) is 3. The van der Waals surface area contributed by atoms with Crippen LogP contribution in [0.5, 0.6) is 0 Å². The molecule has 1 aromatic carbocycles. The van der Waals surface area contributed by atoms with Crippen LogP contribution in [0, 0.1) is 0 Å². The number of aromatic nitrogens is 2. The van der Waals surface area contributed by atoms with E-state index >= 15 is 0 Å². The number of amides is 1. The number of fused-ring (bicyclic) bond motifs is 1. The number of hydrogen-bond donors (Lipinski definition) is 2. The number of aliphatic hydroxyl groups excluding tert-OH is 1. The van der Waals surface area contributed by atoms with Crippen LogP contribution in [0.15, 0.2) is 48.1 Å². The second-order valence-electron chi connectivity index (χ2n) is 6.53. The molecule has 134 valence electrons. The fourth-order valence-corrected chi connectivity index (χ4v) is 3.99. The van der Waals surface area contributed by atoms with Crippen molar-refractivity contribution in [3.63, 3.8) is 0 Å². The number of β-amino-alcohol motifs (C(OH)–C–C–N with tert-alkyl or cyclic N) is 1. The molecule has 26 heavy (non-hydrogen) atoms. The molecule has 1 saturated heterocycles. The van der Waals surface area contributed by atoms with Gasteiger partial charge in [0.2, 0.25) is 0 Å². The molecule has 0 bridgehead atoms. The number of likely N-dealkylation sites (tertiary alicyclic amines) is 1. The molecule has 1 aliphatic heterocycles. The number of aliphatic hydroxyl groups is 1. The van der Waals surface area contributed by atoms with Gasteiger partial charge < -0.3 is 10.4 Å². The minimum atomic E-state index is -0.594. The maximum absolute atomic E-state index is 12.5. The average molecular weight is 368 g/mol. The number of piperidine rings is 1. The second-order valence-corrected chi connectivity index (χ2v) is 7.41. The maximum atomic E-state index is 12.5. The van der Waals surface area contributed by atoms with Gasteiger partial charge in [-0.3, -0.25) is 14.7 Å². The third kappa shape index (κ3) is 3.75. The quantitative estimate of drug-likeness (QED) is 0.737. The molecule has 0 aliphatic carbocycles. The Morgan fingerprint density at radius 1 is 1.31 bits per heavy atom. The van der Waals surface area contributed by atoms with Crippen LogP contribution in [-0.2, 0) is 6.54 Å². The average Bonchev–Trinajstić information content (AvgIpc) is 3.12. The zero-order chi connectivity index (χ0) is 17.9. The lowest BCUT2D eigenvalue weighted by molar-refractivity contribution is 0.0345. The predicted molar refractivity (Wildman–Crippen MR) is 101 cm³/mol. The van der Waals surface area contributed by atoms with Gasteiger partial charge in [0.1, 0.15) is 0 Å². The molecule has 3 heterocycles. The summed E-state index contributed by atoms with van der Waals surface area (Å²) in [4.78, 5) is 23.3. The topological polar surface area (TPSA) is 78.4 Å². The highest BCUT2D eigenvalue weighted by Crippen LogP contribution is 2.20. The van der Waals surface area contributed by atoms with Crippen molar-refractivity contribution in [2.24, 2.45) is 0 Å². The molecular weight excluding hydrogens is 348 g/mol. The molecular formula is C19H20N4O2S. The summed E-state index contributed by atoms with van der Waals surface area (Å²) < 4.78 is 0.989. The van der Waals surface area contributed by atoms with Crippen molar-refractivity contribution in [3.8, 4) is 0 Å². The summed E-state index contributed by atoms with van der Waals surface area (Å²) in [6.07, 6.45) is 1.89. The van der Waals surface area contributed by atoms with Crippen LogP contribution >= 0.6 is 11.3 Å². The number of nitrogens with one attached hydrogen (secondary N) is 1. The predicted octanol–water partition coefficient (Wildman–Crippen LogP) is 2.06. The van der Waals surface area contributed by atoms with Crippen LogP contribution in [0.3, 0.4) is 0 Å². The molecule has 1 amide bonds. The Kier molecular flexibility index (Phi) is 4.92. The Morgan fingerprint density at radius 3 is 3.04 bits per heavy atom. The minimum absolute atomic E-state index is 0.150. The highest BCUT2D eigenvalue weighted by atomic mass is 32.1. The lowest BCUT2D eigenvalue weighted by Crippen LogP contribution is -2.53. The Balaban J connectivity index is 1.36. The molecule has 0 radical (unpaired) electrons. The van der Waals surface area contributed by atoms with Crippen molar-refractivity contribution in [1.29, 1.82) is 0 Å². The first-order valence-electron chi connectivity index (χ1n) is 8.63. The summed E-state index contributed by atoms with van der Waals surface area (Å²) in [6, 6.07) is 11.1. The Labute approximate surface area is 155 Å². The summed E-state index contributed by atoms with van der Waals surface area (Å²) in [5.41, 5.74) is 4.26. The van der Waals surface area contributed by atoms with E-state index in [-0.39, 0.29) is 11.9 Å². The van der Waals surface area contributed by atoms with Crippen LogP contribution in [0.25, 0.3) is 10.2 Å². The van der Waals surface area contributed by atoms with Gasteiger partial charge in [0.15, 0.2) is 0 Å². The van der Waals surface area contributed by atoms with Crippen LogP contribution in [0.4, 0.5) is 0 Å². The largest absolute Gasteiger partial charge is 0.390 e. The van der Waals surface area contributed by atoms with Gasteiger partial charge in [0.25, 0.3) is 5.91 Å². The summed E-state index contributed by atoms with van der Waals surface area (Å²) in [5, 5.41) is 13.4. The number of pyridine rings is 1. The number of thiazole rings is 1. The molecule has 0 spiro atoms. The van der Waals surface area contributed by atoms with E-state index in [2.05, 4.69) is 20.2 Å². The Morgan fingerprint density at radius 2 is 2.23 bits per heavy atom. The van der Waals surface area contributed by atoms with E-state index in [4.69, 9.17) is 0 Å². The number of benzene rings is 1. The molecule has 0 saturated carbocycles. The van der Waals surface area contributed by atoms with Gasteiger partial charge in [-0.1, -0.05) is 6.07 Å². The first-order valence-corrected chi connectivity index (χ1v) is 9.51. The van der Waals surface area contributed by atoms with Gasteiger partial charge in [0.05, 0.1) is 33.6 Å². The van der Waals surface area contributed by atoms with Gasteiger partial charge in [-0.15, -0.1) is 11.3 Å². The lowest BCUT2D eigenvalue weighted by Gasteiger charge is -2.36. The van der Waals surface area contributed by atoms with E-state index in [1.165, 1.54) is 11.3 Å². The molecule has 6 nitrogen and oxygen atoms in total. The van der Waals surface area contributed by atoms with Crippen molar-refractivity contribution in [2.45, 2.75) is 25.1 Å². The SMILES string of the molecule is O=C(N[C@@H]1CCN(Cc2ccccn2)C[C@H]1O)c1ccc2ncsc2c1. The van der Waals surface area contributed by atoms with Crippen LogP contribution in [-0.4, -0.2) is 51.1 Å².